The highest BCUT2D eigenvalue weighted by atomic mass is 32.2. The molecule has 3 rings (SSSR count). The van der Waals surface area contributed by atoms with Gasteiger partial charge in [0.1, 0.15) is 5.25 Å². The van der Waals surface area contributed by atoms with E-state index in [1.54, 1.807) is 24.3 Å². The minimum atomic E-state index is -0.564. The molecule has 1 atom stereocenters. The van der Waals surface area contributed by atoms with Crippen molar-refractivity contribution in [3.05, 3.63) is 66.2 Å². The smallest absolute Gasteiger partial charge is 0.248 e. The number of para-hydroxylation sites is 1. The van der Waals surface area contributed by atoms with Crippen molar-refractivity contribution in [2.45, 2.75) is 18.1 Å². The number of anilines is 1. The summed E-state index contributed by atoms with van der Waals surface area (Å²) in [6.45, 7) is 0. The van der Waals surface area contributed by atoms with Gasteiger partial charge in [-0.3, -0.25) is 9.59 Å². The van der Waals surface area contributed by atoms with Crippen LogP contribution in [0.5, 0.6) is 0 Å². The fraction of sp³-hybridized carbons (Fsp3) is 0.158. The highest BCUT2D eigenvalue weighted by Crippen LogP contribution is 2.33. The van der Waals surface area contributed by atoms with Gasteiger partial charge in [-0.25, -0.2) is 5.01 Å². The van der Waals surface area contributed by atoms with Crippen LogP contribution in [0.3, 0.4) is 0 Å². The average molecular weight is 381 g/mol. The third-order valence-corrected chi connectivity index (χ3v) is 5.29. The largest absolute Gasteiger partial charge is 0.273 e. The molecule has 0 aliphatic carbocycles. The fourth-order valence-electron chi connectivity index (χ4n) is 2.61. The molecule has 1 heterocycles. The first-order valence-electron chi connectivity index (χ1n) is 7.98. The molecule has 2 aromatic rings. The Hall–Kier alpha value is -2.69. The van der Waals surface area contributed by atoms with Crippen molar-refractivity contribution in [1.82, 2.24) is 5.01 Å². The summed E-state index contributed by atoms with van der Waals surface area (Å²) in [7, 11) is 0. The van der Waals surface area contributed by atoms with Gasteiger partial charge in [0.25, 0.3) is 0 Å². The van der Waals surface area contributed by atoms with Crippen LogP contribution in [-0.2, 0) is 9.59 Å². The van der Waals surface area contributed by atoms with E-state index >= 15 is 0 Å². The number of rotatable bonds is 3. The van der Waals surface area contributed by atoms with Crippen LogP contribution in [0.2, 0.25) is 0 Å². The Bertz CT molecular complexity index is 865. The molecule has 1 aliphatic heterocycles. The van der Waals surface area contributed by atoms with Gasteiger partial charge in [-0.05, 0) is 17.7 Å². The summed E-state index contributed by atoms with van der Waals surface area (Å²) in [5.41, 5.74) is 1.37. The molecule has 1 saturated heterocycles. The molecule has 130 valence electrons. The molecular weight excluding hydrogens is 366 g/mol. The number of hydrogen-bond acceptors (Lipinski definition) is 5. The summed E-state index contributed by atoms with van der Waals surface area (Å²) < 4.78 is 0.183. The van der Waals surface area contributed by atoms with Crippen LogP contribution in [0.4, 0.5) is 5.69 Å². The Morgan fingerprint density at radius 3 is 2.19 bits per heavy atom. The molecule has 5 nitrogen and oxygen atoms in total. The van der Waals surface area contributed by atoms with E-state index in [1.807, 2.05) is 36.4 Å². The van der Waals surface area contributed by atoms with Crippen LogP contribution in [0, 0.1) is 11.3 Å². The van der Waals surface area contributed by atoms with Crippen molar-refractivity contribution in [3.8, 4) is 6.07 Å². The topological polar surface area (TPSA) is 64.4 Å². The molecule has 7 heteroatoms. The molecule has 1 unspecified atom stereocenters. The zero-order valence-corrected chi connectivity index (χ0v) is 15.4. The molecule has 1 fully saturated rings. The van der Waals surface area contributed by atoms with Crippen molar-refractivity contribution in [1.29, 1.82) is 5.26 Å². The van der Waals surface area contributed by atoms with Gasteiger partial charge in [0, 0.05) is 12.8 Å². The van der Waals surface area contributed by atoms with E-state index in [-0.39, 0.29) is 29.0 Å². The zero-order chi connectivity index (χ0) is 18.5. The zero-order valence-electron chi connectivity index (χ0n) is 13.7. The maximum Gasteiger partial charge on any atom is 0.248 e. The summed E-state index contributed by atoms with van der Waals surface area (Å²) in [4.78, 5) is 25.0. The third kappa shape index (κ3) is 3.77. The molecule has 0 aromatic heterocycles. The minimum Gasteiger partial charge on any atom is -0.273 e. The number of thiocarbonyl (C=S) groups is 1. The first-order chi connectivity index (χ1) is 12.6. The number of hydrogen-bond donors (Lipinski definition) is 0. The number of carbonyl (C=O) groups is 2. The van der Waals surface area contributed by atoms with E-state index in [0.29, 0.717) is 5.69 Å². The van der Waals surface area contributed by atoms with Gasteiger partial charge < -0.3 is 0 Å². The summed E-state index contributed by atoms with van der Waals surface area (Å²) in [5, 5.41) is 11.5. The summed E-state index contributed by atoms with van der Waals surface area (Å²) in [6, 6.07) is 20.3. The molecule has 0 N–H and O–H groups in total. The highest BCUT2D eigenvalue weighted by Gasteiger charge is 2.36. The van der Waals surface area contributed by atoms with E-state index in [2.05, 4.69) is 6.07 Å². The quantitative estimate of drug-likeness (QED) is 0.756. The van der Waals surface area contributed by atoms with Crippen LogP contribution in [0.15, 0.2) is 60.7 Å². The average Bonchev–Trinajstić information content (AvgIpc) is 2.68. The standard InChI is InChI=1S/C19H15N3O2S2/c20-13-16(14-7-3-1-4-8-14)26-19(25)22-18(24)12-11-17(23)21(22)15-9-5-2-6-10-15/h1-10,16H,11-12H2. The predicted molar refractivity (Wildman–Crippen MR) is 105 cm³/mol. The molecule has 26 heavy (non-hydrogen) atoms. The number of nitriles is 1. The Morgan fingerprint density at radius 2 is 1.58 bits per heavy atom. The second-order valence-corrected chi connectivity index (χ2v) is 7.29. The van der Waals surface area contributed by atoms with Crippen LogP contribution >= 0.6 is 24.0 Å². The van der Waals surface area contributed by atoms with Gasteiger partial charge in [-0.15, -0.1) is 0 Å². The van der Waals surface area contributed by atoms with Gasteiger partial charge in [-0.2, -0.15) is 10.3 Å². The van der Waals surface area contributed by atoms with Crippen LogP contribution < -0.4 is 5.01 Å². The Kier molecular flexibility index (Phi) is 5.66. The molecular formula is C19H15N3O2S2. The van der Waals surface area contributed by atoms with E-state index in [0.717, 1.165) is 17.3 Å². The Balaban J connectivity index is 1.88. The monoisotopic (exact) mass is 381 g/mol. The Labute approximate surface area is 161 Å². The van der Waals surface area contributed by atoms with Crippen molar-refractivity contribution in [2.24, 2.45) is 0 Å². The second kappa shape index (κ2) is 8.13. The molecule has 0 radical (unpaired) electrons. The van der Waals surface area contributed by atoms with Crippen molar-refractivity contribution < 1.29 is 9.59 Å². The normalized spacial score (nSPS) is 15.5. The lowest BCUT2D eigenvalue weighted by Gasteiger charge is -2.37. The maximum atomic E-state index is 12.5. The number of nitrogens with zero attached hydrogens (tertiary/aromatic N) is 3. The van der Waals surface area contributed by atoms with Gasteiger partial charge >= 0.3 is 0 Å². The van der Waals surface area contributed by atoms with Gasteiger partial charge in [0.15, 0.2) is 4.32 Å². The lowest BCUT2D eigenvalue weighted by atomic mass is 10.2. The first-order valence-corrected chi connectivity index (χ1v) is 9.26. The molecule has 0 bridgehead atoms. The van der Waals surface area contributed by atoms with E-state index in [4.69, 9.17) is 12.2 Å². The molecule has 0 saturated carbocycles. The van der Waals surface area contributed by atoms with E-state index in [1.165, 1.54) is 10.0 Å². The van der Waals surface area contributed by atoms with Gasteiger partial charge in [-0.1, -0.05) is 72.5 Å². The van der Waals surface area contributed by atoms with E-state index in [9.17, 15) is 14.9 Å². The predicted octanol–water partition coefficient (Wildman–Crippen LogP) is 3.84. The summed E-state index contributed by atoms with van der Waals surface area (Å²) in [5.74, 6) is -0.456. The molecule has 1 aliphatic rings. The highest BCUT2D eigenvalue weighted by molar-refractivity contribution is 8.23. The Morgan fingerprint density at radius 1 is 1.00 bits per heavy atom. The van der Waals surface area contributed by atoms with Gasteiger partial charge in [0.05, 0.1) is 11.8 Å². The number of carbonyl (C=O) groups excluding carboxylic acids is 2. The second-order valence-electron chi connectivity index (χ2n) is 5.55. The maximum absolute atomic E-state index is 12.5. The van der Waals surface area contributed by atoms with E-state index < -0.39 is 5.25 Å². The van der Waals surface area contributed by atoms with Crippen LogP contribution in [-0.4, -0.2) is 21.1 Å². The summed E-state index contributed by atoms with van der Waals surface area (Å²) in [6.07, 6.45) is 0.239. The minimum absolute atomic E-state index is 0.103. The molecule has 0 spiro atoms. The SMILES string of the molecule is N#CC(SC(=S)N1C(=O)CCC(=O)N1c1ccccc1)c1ccccc1. The number of benzene rings is 2. The first kappa shape index (κ1) is 18.1. The van der Waals surface area contributed by atoms with Crippen molar-refractivity contribution in [2.75, 3.05) is 5.01 Å². The lowest BCUT2D eigenvalue weighted by Crippen LogP contribution is -2.55. The fourth-order valence-corrected chi connectivity index (χ4v) is 3.91. The number of amides is 2. The van der Waals surface area contributed by atoms with Crippen molar-refractivity contribution in [3.63, 3.8) is 0 Å². The third-order valence-electron chi connectivity index (χ3n) is 3.84. The van der Waals surface area contributed by atoms with Crippen LogP contribution in [0.1, 0.15) is 23.7 Å². The lowest BCUT2D eigenvalue weighted by molar-refractivity contribution is -0.137. The van der Waals surface area contributed by atoms with Crippen molar-refractivity contribution >= 4 is 45.8 Å². The molecule has 2 amide bonds. The van der Waals surface area contributed by atoms with Gasteiger partial charge in [0.2, 0.25) is 11.8 Å². The summed E-state index contributed by atoms with van der Waals surface area (Å²) >= 11 is 6.54. The number of hydrazine groups is 1. The number of thioether (sulfide) groups is 1. The molecule has 2 aromatic carbocycles. The van der Waals surface area contributed by atoms with Crippen LogP contribution in [0.25, 0.3) is 0 Å².